The number of halogens is 1. The van der Waals surface area contributed by atoms with E-state index < -0.39 is 10.0 Å². The molecule has 18 heavy (non-hydrogen) atoms. The minimum atomic E-state index is -3.56. The van der Waals surface area contributed by atoms with Crippen LogP contribution < -0.4 is 4.72 Å². The van der Waals surface area contributed by atoms with Crippen LogP contribution in [0.25, 0.3) is 0 Å². The Balaban J connectivity index is 2.09. The molecule has 0 saturated carbocycles. The zero-order valence-corrected chi connectivity index (χ0v) is 11.7. The zero-order chi connectivity index (χ0) is 13.2. The summed E-state index contributed by atoms with van der Waals surface area (Å²) in [7, 11) is -3.56. The molecule has 0 bridgehead atoms. The number of rotatable bonds is 4. The van der Waals surface area contributed by atoms with Crippen LogP contribution in [0, 0.1) is 6.92 Å². The minimum absolute atomic E-state index is 0.0241. The molecule has 1 heterocycles. The number of nitrogens with one attached hydrogen (secondary N) is 1. The monoisotopic (exact) mass is 289 g/mol. The van der Waals surface area contributed by atoms with Gasteiger partial charge in [0.1, 0.15) is 4.90 Å². The number of aryl methyl sites for hydroxylation is 1. The molecule has 0 aromatic heterocycles. The quantitative estimate of drug-likeness (QED) is 0.923. The average Bonchev–Trinajstić information content (AvgIpc) is 2.78. The summed E-state index contributed by atoms with van der Waals surface area (Å²) in [6, 6.07) is 4.89. The molecule has 1 fully saturated rings. The molecule has 1 N–H and O–H groups in total. The molecule has 1 saturated heterocycles. The summed E-state index contributed by atoms with van der Waals surface area (Å²) in [5.41, 5.74) is 0.929. The maximum Gasteiger partial charge on any atom is 0.242 e. The van der Waals surface area contributed by atoms with Crippen molar-refractivity contribution in [1.29, 1.82) is 0 Å². The third kappa shape index (κ3) is 3.23. The molecule has 0 aliphatic carbocycles. The molecule has 1 unspecified atom stereocenters. The molecule has 1 atom stereocenters. The predicted octanol–water partition coefficient (Wildman–Crippen LogP) is 2.11. The second-order valence-corrected chi connectivity index (χ2v) is 6.56. The van der Waals surface area contributed by atoms with E-state index in [-0.39, 0.29) is 16.0 Å². The standard InChI is InChI=1S/C12H16ClNO3S/c1-9-4-5-12(11(13)7-9)18(15,16)14-8-10-3-2-6-17-10/h4-5,7,10,14H,2-3,6,8H2,1H3. The first-order chi connectivity index (χ1) is 8.49. The van der Waals surface area contributed by atoms with Gasteiger partial charge in [-0.15, -0.1) is 0 Å². The van der Waals surface area contributed by atoms with Crippen LogP contribution in [0.2, 0.25) is 5.02 Å². The van der Waals surface area contributed by atoms with E-state index in [2.05, 4.69) is 4.72 Å². The molecular formula is C12H16ClNO3S. The van der Waals surface area contributed by atoms with Crippen molar-refractivity contribution in [2.75, 3.05) is 13.2 Å². The fourth-order valence-electron chi connectivity index (χ4n) is 1.91. The van der Waals surface area contributed by atoms with Crippen molar-refractivity contribution in [3.8, 4) is 0 Å². The van der Waals surface area contributed by atoms with Crippen LogP contribution in [-0.4, -0.2) is 27.7 Å². The lowest BCUT2D eigenvalue weighted by Gasteiger charge is -2.12. The summed E-state index contributed by atoms with van der Waals surface area (Å²) in [6.07, 6.45) is 1.85. The molecular weight excluding hydrogens is 274 g/mol. The Labute approximate surface area is 112 Å². The van der Waals surface area contributed by atoms with Gasteiger partial charge < -0.3 is 4.74 Å². The highest BCUT2D eigenvalue weighted by Crippen LogP contribution is 2.22. The molecule has 0 amide bonds. The second-order valence-electron chi connectivity index (χ2n) is 4.42. The molecule has 1 aliphatic heterocycles. The smallest absolute Gasteiger partial charge is 0.242 e. The molecule has 6 heteroatoms. The highest BCUT2D eigenvalue weighted by atomic mass is 35.5. The van der Waals surface area contributed by atoms with Gasteiger partial charge in [-0.05, 0) is 37.5 Å². The van der Waals surface area contributed by atoms with Crippen LogP contribution in [0.5, 0.6) is 0 Å². The summed E-state index contributed by atoms with van der Waals surface area (Å²) in [6.45, 7) is 2.87. The van der Waals surface area contributed by atoms with E-state index in [1.54, 1.807) is 12.1 Å². The normalized spacial score (nSPS) is 20.2. The van der Waals surface area contributed by atoms with Gasteiger partial charge in [0.15, 0.2) is 0 Å². The Morgan fingerprint density at radius 3 is 2.89 bits per heavy atom. The highest BCUT2D eigenvalue weighted by molar-refractivity contribution is 7.89. The minimum Gasteiger partial charge on any atom is -0.377 e. The Hall–Kier alpha value is -0.620. The first-order valence-electron chi connectivity index (χ1n) is 5.86. The van der Waals surface area contributed by atoms with Gasteiger partial charge in [-0.3, -0.25) is 0 Å². The van der Waals surface area contributed by atoms with E-state index >= 15 is 0 Å². The van der Waals surface area contributed by atoms with E-state index in [4.69, 9.17) is 16.3 Å². The summed E-state index contributed by atoms with van der Waals surface area (Å²) in [5.74, 6) is 0. The number of ether oxygens (including phenoxy) is 1. The molecule has 1 aromatic rings. The molecule has 100 valence electrons. The van der Waals surface area contributed by atoms with E-state index in [1.165, 1.54) is 6.07 Å². The van der Waals surface area contributed by atoms with E-state index in [0.29, 0.717) is 13.2 Å². The largest absolute Gasteiger partial charge is 0.377 e. The van der Waals surface area contributed by atoms with Gasteiger partial charge >= 0.3 is 0 Å². The lowest BCUT2D eigenvalue weighted by atomic mass is 10.2. The van der Waals surface area contributed by atoms with Crippen molar-refractivity contribution < 1.29 is 13.2 Å². The average molecular weight is 290 g/mol. The molecule has 0 radical (unpaired) electrons. The number of hydrogen-bond donors (Lipinski definition) is 1. The van der Waals surface area contributed by atoms with Gasteiger partial charge in [-0.2, -0.15) is 0 Å². The zero-order valence-electron chi connectivity index (χ0n) is 10.1. The SMILES string of the molecule is Cc1ccc(S(=O)(=O)NCC2CCCO2)c(Cl)c1. The topological polar surface area (TPSA) is 55.4 Å². The Bertz CT molecular complexity index is 524. The van der Waals surface area contributed by atoms with Gasteiger partial charge in [0, 0.05) is 13.2 Å². The number of hydrogen-bond acceptors (Lipinski definition) is 3. The summed E-state index contributed by atoms with van der Waals surface area (Å²) >= 11 is 5.96. The Morgan fingerprint density at radius 1 is 1.50 bits per heavy atom. The van der Waals surface area contributed by atoms with Crippen LogP contribution in [0.3, 0.4) is 0 Å². The molecule has 2 rings (SSSR count). The molecule has 0 spiro atoms. The van der Waals surface area contributed by atoms with Gasteiger partial charge in [-0.25, -0.2) is 13.1 Å². The third-order valence-electron chi connectivity index (χ3n) is 2.90. The van der Waals surface area contributed by atoms with Gasteiger partial charge in [0.25, 0.3) is 0 Å². The van der Waals surface area contributed by atoms with Crippen LogP contribution in [0.4, 0.5) is 0 Å². The summed E-state index contributed by atoms with van der Waals surface area (Å²) in [4.78, 5) is 0.118. The molecule has 1 aliphatic rings. The Kier molecular flexibility index (Phi) is 4.27. The first-order valence-corrected chi connectivity index (χ1v) is 7.72. The van der Waals surface area contributed by atoms with E-state index in [1.807, 2.05) is 6.92 Å². The fourth-order valence-corrected chi connectivity index (χ4v) is 3.57. The van der Waals surface area contributed by atoms with Crippen molar-refractivity contribution >= 4 is 21.6 Å². The Morgan fingerprint density at radius 2 is 2.28 bits per heavy atom. The first kappa shape index (κ1) is 13.8. The van der Waals surface area contributed by atoms with E-state index in [0.717, 1.165) is 18.4 Å². The van der Waals surface area contributed by atoms with Crippen LogP contribution in [0.1, 0.15) is 18.4 Å². The number of benzene rings is 1. The predicted molar refractivity (Wildman–Crippen MR) is 70.4 cm³/mol. The molecule has 1 aromatic carbocycles. The maximum absolute atomic E-state index is 12.1. The van der Waals surface area contributed by atoms with Crippen molar-refractivity contribution in [1.82, 2.24) is 4.72 Å². The lowest BCUT2D eigenvalue weighted by molar-refractivity contribution is 0.114. The second kappa shape index (κ2) is 5.57. The maximum atomic E-state index is 12.1. The third-order valence-corrected chi connectivity index (χ3v) is 4.81. The highest BCUT2D eigenvalue weighted by Gasteiger charge is 2.21. The van der Waals surface area contributed by atoms with E-state index in [9.17, 15) is 8.42 Å². The lowest BCUT2D eigenvalue weighted by Crippen LogP contribution is -2.32. The molecule has 4 nitrogen and oxygen atoms in total. The van der Waals surface area contributed by atoms with Crippen LogP contribution in [0.15, 0.2) is 23.1 Å². The van der Waals surface area contributed by atoms with Crippen molar-refractivity contribution in [3.05, 3.63) is 28.8 Å². The number of sulfonamides is 1. The summed E-state index contributed by atoms with van der Waals surface area (Å²) in [5, 5.41) is 0.245. The van der Waals surface area contributed by atoms with Crippen LogP contribution in [-0.2, 0) is 14.8 Å². The van der Waals surface area contributed by atoms with Gasteiger partial charge in [-0.1, -0.05) is 17.7 Å². The van der Waals surface area contributed by atoms with Crippen molar-refractivity contribution in [2.45, 2.75) is 30.8 Å². The summed E-state index contributed by atoms with van der Waals surface area (Å²) < 4.78 is 32.1. The van der Waals surface area contributed by atoms with Gasteiger partial charge in [0.05, 0.1) is 11.1 Å². The van der Waals surface area contributed by atoms with Gasteiger partial charge in [0.2, 0.25) is 10.0 Å². The van der Waals surface area contributed by atoms with Crippen LogP contribution >= 0.6 is 11.6 Å². The fraction of sp³-hybridized carbons (Fsp3) is 0.500. The van der Waals surface area contributed by atoms with Crippen molar-refractivity contribution in [2.24, 2.45) is 0 Å². The van der Waals surface area contributed by atoms with Crippen molar-refractivity contribution in [3.63, 3.8) is 0 Å².